The summed E-state index contributed by atoms with van der Waals surface area (Å²) in [6.45, 7) is 9.84. The Hall–Kier alpha value is -0.250. The summed E-state index contributed by atoms with van der Waals surface area (Å²) in [4.78, 5) is 0. The van der Waals surface area contributed by atoms with Gasteiger partial charge in [-0.1, -0.05) is 27.7 Å². The third-order valence-electron chi connectivity index (χ3n) is 2.89. The summed E-state index contributed by atoms with van der Waals surface area (Å²) in [6.07, 6.45) is -3.92. The third kappa shape index (κ3) is 6.03. The van der Waals surface area contributed by atoms with Gasteiger partial charge in [-0.05, 0) is 25.3 Å². The SMILES string of the molecule is CC(NCCC(C)C(F)(F)F)C(C)(C)C. The minimum absolute atomic E-state index is 0.0848. The number of hydrogen-bond donors (Lipinski definition) is 1. The number of alkyl halides is 3. The van der Waals surface area contributed by atoms with Crippen molar-refractivity contribution < 1.29 is 13.2 Å². The zero-order valence-corrected chi connectivity index (χ0v) is 10.2. The normalized spacial score (nSPS) is 17.6. The van der Waals surface area contributed by atoms with Crippen LogP contribution in [0.4, 0.5) is 13.2 Å². The monoisotopic (exact) mass is 225 g/mol. The van der Waals surface area contributed by atoms with Crippen molar-refractivity contribution in [3.8, 4) is 0 Å². The summed E-state index contributed by atoms with van der Waals surface area (Å²) in [6, 6.07) is 0.220. The largest absolute Gasteiger partial charge is 0.391 e. The van der Waals surface area contributed by atoms with Gasteiger partial charge in [0.15, 0.2) is 0 Å². The first-order valence-corrected chi connectivity index (χ1v) is 5.35. The molecule has 2 unspecified atom stereocenters. The molecule has 2 atom stereocenters. The van der Waals surface area contributed by atoms with Crippen LogP contribution < -0.4 is 5.32 Å². The summed E-state index contributed by atoms with van der Waals surface area (Å²) < 4.78 is 36.5. The van der Waals surface area contributed by atoms with Crippen molar-refractivity contribution >= 4 is 0 Å². The average molecular weight is 225 g/mol. The van der Waals surface area contributed by atoms with Crippen LogP contribution in [0.25, 0.3) is 0 Å². The van der Waals surface area contributed by atoms with Gasteiger partial charge in [0, 0.05) is 6.04 Å². The van der Waals surface area contributed by atoms with Crippen LogP contribution in [0.1, 0.15) is 41.0 Å². The maximum atomic E-state index is 12.2. The summed E-state index contributed by atoms with van der Waals surface area (Å²) in [7, 11) is 0. The van der Waals surface area contributed by atoms with Crippen molar-refractivity contribution in [3.63, 3.8) is 0 Å². The van der Waals surface area contributed by atoms with Gasteiger partial charge in [-0.15, -0.1) is 0 Å². The van der Waals surface area contributed by atoms with Crippen molar-refractivity contribution in [2.75, 3.05) is 6.54 Å². The van der Waals surface area contributed by atoms with Crippen LogP contribution in [-0.4, -0.2) is 18.8 Å². The van der Waals surface area contributed by atoms with Crippen molar-refractivity contribution in [3.05, 3.63) is 0 Å². The Morgan fingerprint density at radius 2 is 1.53 bits per heavy atom. The molecule has 0 saturated heterocycles. The van der Waals surface area contributed by atoms with E-state index in [-0.39, 0.29) is 17.9 Å². The Morgan fingerprint density at radius 3 is 1.87 bits per heavy atom. The highest BCUT2D eigenvalue weighted by Gasteiger charge is 2.35. The molecule has 0 amide bonds. The zero-order chi connectivity index (χ0) is 12.3. The number of rotatable bonds is 4. The summed E-state index contributed by atoms with van der Waals surface area (Å²) in [5.74, 6) is -1.22. The maximum Gasteiger partial charge on any atom is 0.391 e. The van der Waals surface area contributed by atoms with Gasteiger partial charge in [0.25, 0.3) is 0 Å². The molecule has 0 spiro atoms. The van der Waals surface area contributed by atoms with Crippen LogP contribution in [0.3, 0.4) is 0 Å². The van der Waals surface area contributed by atoms with E-state index in [0.717, 1.165) is 0 Å². The van der Waals surface area contributed by atoms with Gasteiger partial charge < -0.3 is 5.32 Å². The average Bonchev–Trinajstić information content (AvgIpc) is 2.00. The van der Waals surface area contributed by atoms with E-state index >= 15 is 0 Å². The molecule has 1 nitrogen and oxygen atoms in total. The smallest absolute Gasteiger partial charge is 0.314 e. The van der Waals surface area contributed by atoms with Gasteiger partial charge in [-0.3, -0.25) is 0 Å². The van der Waals surface area contributed by atoms with Gasteiger partial charge in [0.2, 0.25) is 0 Å². The molecule has 15 heavy (non-hydrogen) atoms. The molecule has 0 bridgehead atoms. The Balaban J connectivity index is 3.81. The van der Waals surface area contributed by atoms with Crippen LogP contribution in [0.15, 0.2) is 0 Å². The van der Waals surface area contributed by atoms with Crippen molar-refractivity contribution in [2.45, 2.75) is 53.3 Å². The van der Waals surface area contributed by atoms with Gasteiger partial charge in [0.05, 0.1) is 5.92 Å². The number of hydrogen-bond acceptors (Lipinski definition) is 1. The molecule has 0 aromatic heterocycles. The van der Waals surface area contributed by atoms with Gasteiger partial charge in [0.1, 0.15) is 0 Å². The molecule has 0 aromatic carbocycles. The van der Waals surface area contributed by atoms with E-state index in [2.05, 4.69) is 26.1 Å². The molecule has 0 aliphatic heterocycles. The Morgan fingerprint density at radius 1 is 1.07 bits per heavy atom. The lowest BCUT2D eigenvalue weighted by Gasteiger charge is -2.28. The highest BCUT2D eigenvalue weighted by atomic mass is 19.4. The lowest BCUT2D eigenvalue weighted by Crippen LogP contribution is -2.39. The molecular weight excluding hydrogens is 203 g/mol. The van der Waals surface area contributed by atoms with Crippen molar-refractivity contribution in [2.24, 2.45) is 11.3 Å². The first kappa shape index (κ1) is 14.8. The fraction of sp³-hybridized carbons (Fsp3) is 1.00. The first-order chi connectivity index (χ1) is 6.55. The van der Waals surface area contributed by atoms with E-state index in [9.17, 15) is 13.2 Å². The molecule has 0 heterocycles. The fourth-order valence-corrected chi connectivity index (χ4v) is 0.986. The minimum Gasteiger partial charge on any atom is -0.314 e. The standard InChI is InChI=1S/C11H22F3N/c1-8(11(12,13)14)6-7-15-9(2)10(3,4)5/h8-9,15H,6-7H2,1-5H3. The summed E-state index contributed by atoms with van der Waals surface area (Å²) in [5, 5.41) is 3.13. The summed E-state index contributed by atoms with van der Waals surface area (Å²) in [5.41, 5.74) is 0.0848. The molecule has 0 aliphatic rings. The second-order valence-electron chi connectivity index (χ2n) is 5.27. The molecule has 0 fully saturated rings. The van der Waals surface area contributed by atoms with Crippen LogP contribution in [0.2, 0.25) is 0 Å². The van der Waals surface area contributed by atoms with E-state index in [1.54, 1.807) is 0 Å². The molecule has 4 heteroatoms. The predicted octanol–water partition coefficient (Wildman–Crippen LogP) is 3.60. The Kier molecular flexibility index (Phi) is 5.10. The molecular formula is C11H22F3N. The van der Waals surface area contributed by atoms with Crippen LogP contribution >= 0.6 is 0 Å². The predicted molar refractivity (Wildman–Crippen MR) is 56.8 cm³/mol. The minimum atomic E-state index is -4.06. The molecule has 0 aromatic rings. The zero-order valence-electron chi connectivity index (χ0n) is 10.2. The van der Waals surface area contributed by atoms with E-state index in [4.69, 9.17) is 0 Å². The lowest BCUT2D eigenvalue weighted by atomic mass is 9.88. The topological polar surface area (TPSA) is 12.0 Å². The highest BCUT2D eigenvalue weighted by Crippen LogP contribution is 2.28. The maximum absolute atomic E-state index is 12.2. The molecule has 0 saturated carbocycles. The van der Waals surface area contributed by atoms with Crippen LogP contribution in [-0.2, 0) is 0 Å². The van der Waals surface area contributed by atoms with E-state index in [1.165, 1.54) is 6.92 Å². The Bertz CT molecular complexity index is 161. The van der Waals surface area contributed by atoms with Crippen molar-refractivity contribution in [1.82, 2.24) is 5.32 Å². The summed E-state index contributed by atoms with van der Waals surface area (Å²) >= 11 is 0. The molecule has 0 rings (SSSR count). The van der Waals surface area contributed by atoms with Crippen LogP contribution in [0, 0.1) is 11.3 Å². The van der Waals surface area contributed by atoms with Gasteiger partial charge in [-0.25, -0.2) is 0 Å². The van der Waals surface area contributed by atoms with E-state index in [0.29, 0.717) is 6.54 Å². The van der Waals surface area contributed by atoms with Crippen molar-refractivity contribution in [1.29, 1.82) is 0 Å². The molecule has 0 radical (unpaired) electrons. The van der Waals surface area contributed by atoms with E-state index < -0.39 is 12.1 Å². The molecule has 92 valence electrons. The highest BCUT2D eigenvalue weighted by molar-refractivity contribution is 4.76. The second-order valence-corrected chi connectivity index (χ2v) is 5.27. The second kappa shape index (κ2) is 5.19. The van der Waals surface area contributed by atoms with E-state index in [1.807, 2.05) is 6.92 Å². The van der Waals surface area contributed by atoms with Gasteiger partial charge >= 0.3 is 6.18 Å². The third-order valence-corrected chi connectivity index (χ3v) is 2.89. The number of nitrogens with one attached hydrogen (secondary N) is 1. The first-order valence-electron chi connectivity index (χ1n) is 5.35. The quantitative estimate of drug-likeness (QED) is 0.770. The fourth-order valence-electron chi connectivity index (χ4n) is 0.986. The number of halogens is 3. The molecule has 1 N–H and O–H groups in total. The molecule has 0 aliphatic carbocycles. The van der Waals surface area contributed by atoms with Crippen LogP contribution in [0.5, 0.6) is 0 Å². The van der Waals surface area contributed by atoms with Gasteiger partial charge in [-0.2, -0.15) is 13.2 Å². The Labute approximate surface area is 90.4 Å². The lowest BCUT2D eigenvalue weighted by molar-refractivity contribution is -0.170.